The summed E-state index contributed by atoms with van der Waals surface area (Å²) in [4.78, 5) is 58.0. The van der Waals surface area contributed by atoms with E-state index in [-0.39, 0.29) is 96.0 Å². The topological polar surface area (TPSA) is 222 Å². The van der Waals surface area contributed by atoms with Crippen LogP contribution in [0.25, 0.3) is 33.4 Å². The Morgan fingerprint density at radius 1 is 0.863 bits per heavy atom. The molecular formula is C34H27F2N3O12. The number of anilines is 1. The summed E-state index contributed by atoms with van der Waals surface area (Å²) < 4.78 is 45.4. The van der Waals surface area contributed by atoms with Crippen molar-refractivity contribution in [3.8, 4) is 28.2 Å². The van der Waals surface area contributed by atoms with Gasteiger partial charge in [0.1, 0.15) is 17.0 Å². The first-order valence-corrected chi connectivity index (χ1v) is 15.2. The quantitative estimate of drug-likeness (QED) is 0.0344. The number of aromatic hydroxyl groups is 1. The molecule has 0 aromatic heterocycles. The molecule has 17 heteroatoms. The largest absolute Gasteiger partial charge is 0.505 e. The standard InChI is InChI=1S/C34H27F2N3O12/c35-24-14-22-31(16-29(24)41)51-32-17-30(42)25(36)15-23(32)33(22)20-5-3-18(12-21(20)34(43)44)28(40)2-1-8-49-10-11-50-9-7-37-26-6-4-19(38(45)46)13-27(26)39(47)48/h3-6,12-17,37,41H,1-2,7-11H2,(H,43,44). The molecule has 1 aliphatic carbocycles. The molecule has 1 heterocycles. The molecule has 0 saturated carbocycles. The van der Waals surface area contributed by atoms with E-state index >= 15 is 0 Å². The molecule has 0 radical (unpaired) electrons. The van der Waals surface area contributed by atoms with Crippen LogP contribution in [0.2, 0.25) is 0 Å². The van der Waals surface area contributed by atoms with E-state index in [1.165, 1.54) is 18.2 Å². The van der Waals surface area contributed by atoms with Gasteiger partial charge in [-0.1, -0.05) is 12.1 Å². The van der Waals surface area contributed by atoms with Gasteiger partial charge in [-0.2, -0.15) is 0 Å². The minimum absolute atomic E-state index is 0.00471. The second-order valence-corrected chi connectivity index (χ2v) is 11.0. The number of phenolic OH excluding ortho intramolecular Hbond substituents is 1. The molecule has 0 atom stereocenters. The van der Waals surface area contributed by atoms with Gasteiger partial charge >= 0.3 is 5.97 Å². The van der Waals surface area contributed by atoms with Crippen molar-refractivity contribution < 1.29 is 52.3 Å². The van der Waals surface area contributed by atoms with Gasteiger partial charge in [-0.25, -0.2) is 13.6 Å². The number of halogens is 2. The van der Waals surface area contributed by atoms with Crippen LogP contribution in [-0.2, 0) is 9.47 Å². The van der Waals surface area contributed by atoms with E-state index in [9.17, 15) is 53.6 Å². The van der Waals surface area contributed by atoms with Crippen molar-refractivity contribution >= 4 is 39.8 Å². The molecule has 0 bridgehead atoms. The summed E-state index contributed by atoms with van der Waals surface area (Å²) in [5, 5.41) is 44.8. The summed E-state index contributed by atoms with van der Waals surface area (Å²) in [5.41, 5.74) is -2.18. The monoisotopic (exact) mass is 707 g/mol. The second kappa shape index (κ2) is 15.5. The number of nitro benzene ring substituents is 2. The van der Waals surface area contributed by atoms with E-state index < -0.39 is 55.8 Å². The summed E-state index contributed by atoms with van der Waals surface area (Å²) in [6, 6.07) is 10.6. The van der Waals surface area contributed by atoms with Crippen LogP contribution in [0.3, 0.4) is 0 Å². The minimum atomic E-state index is -1.44. The number of carbonyl (C=O) groups excluding carboxylic acids is 1. The van der Waals surface area contributed by atoms with Crippen LogP contribution in [0.1, 0.15) is 33.6 Å². The Balaban J connectivity index is 1.17. The molecule has 2 aliphatic rings. The number of phenols is 1. The zero-order valence-corrected chi connectivity index (χ0v) is 26.4. The molecule has 5 rings (SSSR count). The lowest BCUT2D eigenvalue weighted by Gasteiger charge is -2.17. The van der Waals surface area contributed by atoms with Gasteiger partial charge in [0.15, 0.2) is 23.2 Å². The maximum atomic E-state index is 14.5. The Morgan fingerprint density at radius 3 is 2.31 bits per heavy atom. The van der Waals surface area contributed by atoms with Crippen LogP contribution >= 0.6 is 0 Å². The van der Waals surface area contributed by atoms with Crippen molar-refractivity contribution in [1.82, 2.24) is 0 Å². The maximum Gasteiger partial charge on any atom is 0.336 e. The Bertz CT molecular complexity index is 2200. The number of hydrogen-bond acceptors (Lipinski definition) is 12. The van der Waals surface area contributed by atoms with Gasteiger partial charge in [0.25, 0.3) is 11.4 Å². The number of nitrogens with one attached hydrogen (secondary N) is 1. The van der Waals surface area contributed by atoms with Crippen LogP contribution in [0.5, 0.6) is 5.75 Å². The summed E-state index contributed by atoms with van der Waals surface area (Å²) in [6.45, 7) is 0.828. The molecule has 51 heavy (non-hydrogen) atoms. The molecule has 0 fully saturated rings. The number of hydrogen-bond donors (Lipinski definition) is 3. The third-order valence-corrected chi connectivity index (χ3v) is 7.70. The number of ketones is 1. The van der Waals surface area contributed by atoms with Crippen LogP contribution in [0, 0.1) is 31.9 Å². The Morgan fingerprint density at radius 2 is 1.61 bits per heavy atom. The summed E-state index contributed by atoms with van der Waals surface area (Å²) >= 11 is 0. The van der Waals surface area contributed by atoms with Crippen molar-refractivity contribution in [2.45, 2.75) is 12.8 Å². The average Bonchev–Trinajstić information content (AvgIpc) is 3.09. The highest BCUT2D eigenvalue weighted by atomic mass is 19.1. The Labute approximate surface area is 285 Å². The zero-order chi connectivity index (χ0) is 36.8. The minimum Gasteiger partial charge on any atom is -0.505 e. The molecular weight excluding hydrogens is 680 g/mol. The fourth-order valence-corrected chi connectivity index (χ4v) is 5.30. The fraction of sp³-hybridized carbons (Fsp3) is 0.206. The van der Waals surface area contributed by atoms with Crippen molar-refractivity contribution in [3.05, 3.63) is 114 Å². The zero-order valence-electron chi connectivity index (χ0n) is 26.4. The number of carboxylic acid groups (broad SMARTS) is 1. The summed E-state index contributed by atoms with van der Waals surface area (Å²) in [6.07, 6.45) is 0.276. The highest BCUT2D eigenvalue weighted by Gasteiger charge is 2.25. The molecule has 15 nitrogen and oxygen atoms in total. The third-order valence-electron chi connectivity index (χ3n) is 7.70. The van der Waals surface area contributed by atoms with Gasteiger partial charge in [-0.3, -0.25) is 29.8 Å². The first-order valence-electron chi connectivity index (χ1n) is 15.2. The second-order valence-electron chi connectivity index (χ2n) is 11.0. The molecule has 1 aliphatic heterocycles. The van der Waals surface area contributed by atoms with E-state index in [1.54, 1.807) is 0 Å². The van der Waals surface area contributed by atoms with E-state index in [2.05, 4.69) is 5.32 Å². The number of rotatable bonds is 16. The van der Waals surface area contributed by atoms with E-state index in [4.69, 9.17) is 13.9 Å². The van der Waals surface area contributed by atoms with Gasteiger partial charge in [0.05, 0.1) is 41.3 Å². The summed E-state index contributed by atoms with van der Waals surface area (Å²) in [7, 11) is 0. The lowest BCUT2D eigenvalue weighted by molar-refractivity contribution is -0.393. The Kier molecular flexibility index (Phi) is 10.9. The van der Waals surface area contributed by atoms with E-state index in [0.717, 1.165) is 42.5 Å². The summed E-state index contributed by atoms with van der Waals surface area (Å²) in [5.74, 6) is -4.94. The molecule has 0 amide bonds. The van der Waals surface area contributed by atoms with Crippen molar-refractivity contribution in [3.63, 3.8) is 0 Å². The van der Waals surface area contributed by atoms with Gasteiger partial charge in [-0.15, -0.1) is 0 Å². The van der Waals surface area contributed by atoms with Crippen molar-refractivity contribution in [1.29, 1.82) is 0 Å². The number of carbonyl (C=O) groups is 2. The highest BCUT2D eigenvalue weighted by Crippen LogP contribution is 2.43. The van der Waals surface area contributed by atoms with Gasteiger partial charge in [-0.05, 0) is 36.2 Å². The number of nitrogens with zero attached hydrogens (tertiary/aromatic N) is 2. The first kappa shape index (κ1) is 36.0. The number of ether oxygens (including phenoxy) is 2. The number of benzene rings is 4. The van der Waals surface area contributed by atoms with E-state index in [1.807, 2.05) is 0 Å². The number of non-ortho nitro benzene ring substituents is 1. The fourth-order valence-electron chi connectivity index (χ4n) is 5.30. The molecule has 0 unspecified atom stereocenters. The van der Waals surface area contributed by atoms with E-state index in [0.29, 0.717) is 0 Å². The smallest absolute Gasteiger partial charge is 0.336 e. The molecule has 3 N–H and O–H groups in total. The predicted octanol–water partition coefficient (Wildman–Crippen LogP) is 6.17. The number of aromatic carboxylic acids is 1. The maximum absolute atomic E-state index is 14.5. The average molecular weight is 708 g/mol. The lowest BCUT2D eigenvalue weighted by atomic mass is 9.89. The van der Waals surface area contributed by atoms with Crippen LogP contribution in [0.4, 0.5) is 25.8 Å². The molecule has 3 aromatic rings. The van der Waals surface area contributed by atoms with Gasteiger partial charge in [0, 0.05) is 59.8 Å². The number of nitro groups is 2. The molecule has 264 valence electrons. The van der Waals surface area contributed by atoms with Crippen LogP contribution in [0.15, 0.2) is 69.9 Å². The van der Waals surface area contributed by atoms with Crippen LogP contribution in [-0.4, -0.2) is 64.8 Å². The van der Waals surface area contributed by atoms with Crippen molar-refractivity contribution in [2.24, 2.45) is 0 Å². The lowest BCUT2D eigenvalue weighted by Crippen LogP contribution is -2.13. The number of carboxylic acids is 1. The molecule has 0 spiro atoms. The SMILES string of the molecule is O=C(CCCOCCOCCNc1ccc([N+](=O)[O-])cc1[N+](=O)[O-])c1ccc(-c2c3cc(F)c(=O)cc-3oc3cc(O)c(F)cc23)c(C(=O)O)c1. The predicted molar refractivity (Wildman–Crippen MR) is 177 cm³/mol. The first-order chi connectivity index (χ1) is 24.3. The van der Waals surface area contributed by atoms with Crippen LogP contribution < -0.4 is 10.7 Å². The molecule has 3 aromatic carbocycles. The number of fused-ring (bicyclic) bond motifs is 2. The van der Waals surface area contributed by atoms with Crippen molar-refractivity contribution in [2.75, 3.05) is 38.3 Å². The normalized spacial score (nSPS) is 11.2. The molecule has 0 saturated heterocycles. The van der Waals surface area contributed by atoms with Gasteiger partial charge in [0.2, 0.25) is 5.43 Å². The number of Topliss-reactive ketones (excluding diaryl/α,β-unsaturated/α-hetero) is 1. The van der Waals surface area contributed by atoms with Gasteiger partial charge < -0.3 is 29.4 Å². The Hall–Kier alpha value is -6.33. The highest BCUT2D eigenvalue weighted by molar-refractivity contribution is 6.09. The third kappa shape index (κ3) is 8.11.